The fourth-order valence-corrected chi connectivity index (χ4v) is 3.32. The number of imidazole rings is 1. The van der Waals surface area contributed by atoms with Gasteiger partial charge in [0.05, 0.1) is 24.8 Å². The molecule has 1 aliphatic rings. The average molecular weight is 280 g/mol. The van der Waals surface area contributed by atoms with Crippen molar-refractivity contribution in [3.05, 3.63) is 30.0 Å². The van der Waals surface area contributed by atoms with Crippen LogP contribution in [-0.4, -0.2) is 39.2 Å². The van der Waals surface area contributed by atoms with E-state index in [4.69, 9.17) is 5.73 Å². The van der Waals surface area contributed by atoms with Crippen LogP contribution >= 0.6 is 0 Å². The van der Waals surface area contributed by atoms with E-state index in [0.29, 0.717) is 18.7 Å². The van der Waals surface area contributed by atoms with Crippen LogP contribution in [0.1, 0.15) is 11.3 Å². The first-order valence-corrected chi connectivity index (χ1v) is 7.10. The van der Waals surface area contributed by atoms with Crippen molar-refractivity contribution in [1.82, 2.24) is 24.2 Å². The molecule has 0 radical (unpaired) electrons. The van der Waals surface area contributed by atoms with Crippen LogP contribution in [0.2, 0.25) is 0 Å². The second kappa shape index (κ2) is 4.28. The summed E-state index contributed by atoms with van der Waals surface area (Å²) in [5.74, 6) is 0.152. The Morgan fingerprint density at radius 2 is 2.21 bits per heavy atom. The van der Waals surface area contributed by atoms with Gasteiger partial charge < -0.3 is 10.7 Å². The molecule has 0 aliphatic carbocycles. The van der Waals surface area contributed by atoms with E-state index in [1.54, 1.807) is 6.20 Å². The number of hydrogen-bond acceptors (Lipinski definition) is 6. The molecule has 0 fully saturated rings. The highest BCUT2D eigenvalue weighted by molar-refractivity contribution is 7.89. The van der Waals surface area contributed by atoms with Gasteiger partial charge in [0.1, 0.15) is 0 Å². The van der Waals surface area contributed by atoms with Crippen molar-refractivity contribution in [1.29, 1.82) is 0 Å². The minimum Gasteiger partial charge on any atom is -0.368 e. The van der Waals surface area contributed by atoms with Crippen LogP contribution in [0.15, 0.2) is 23.7 Å². The highest BCUT2D eigenvalue weighted by Crippen LogP contribution is 2.22. The standard InChI is InChI=1S/C10H12N6O2S/c11-10-13-3-7-1-2-16(5-8(7)15-10)19(17,18)9-4-12-6-14-9/h3-4,6H,1-2,5H2,(H,12,14)(H2,11,13,15). The molecule has 0 unspecified atom stereocenters. The Labute approximate surface area is 109 Å². The summed E-state index contributed by atoms with van der Waals surface area (Å²) in [5, 5.41) is 0.0815. The first kappa shape index (κ1) is 12.1. The lowest BCUT2D eigenvalue weighted by atomic mass is 10.1. The number of hydrogen-bond donors (Lipinski definition) is 2. The number of nitrogens with one attached hydrogen (secondary N) is 1. The minimum absolute atomic E-state index is 0.0815. The Morgan fingerprint density at radius 1 is 1.37 bits per heavy atom. The molecule has 1 aliphatic heterocycles. The molecule has 2 aromatic rings. The van der Waals surface area contributed by atoms with Crippen LogP contribution < -0.4 is 5.73 Å². The van der Waals surface area contributed by atoms with Crippen LogP contribution in [0.4, 0.5) is 5.95 Å². The van der Waals surface area contributed by atoms with Gasteiger partial charge in [-0.1, -0.05) is 0 Å². The van der Waals surface area contributed by atoms with E-state index in [0.717, 1.165) is 5.56 Å². The van der Waals surface area contributed by atoms with E-state index in [1.807, 2.05) is 0 Å². The van der Waals surface area contributed by atoms with Crippen LogP contribution in [0.25, 0.3) is 0 Å². The van der Waals surface area contributed by atoms with Crippen LogP contribution in [0, 0.1) is 0 Å². The Bertz CT molecular complexity index is 697. The topological polar surface area (TPSA) is 118 Å². The summed E-state index contributed by atoms with van der Waals surface area (Å²) in [6, 6.07) is 0. The van der Waals surface area contributed by atoms with E-state index >= 15 is 0 Å². The largest absolute Gasteiger partial charge is 0.368 e. The summed E-state index contributed by atoms with van der Waals surface area (Å²) >= 11 is 0. The minimum atomic E-state index is -3.56. The molecule has 100 valence electrons. The van der Waals surface area contributed by atoms with Crippen molar-refractivity contribution in [2.75, 3.05) is 12.3 Å². The molecule has 0 atom stereocenters. The van der Waals surface area contributed by atoms with Gasteiger partial charge in [0.15, 0.2) is 5.03 Å². The van der Waals surface area contributed by atoms with E-state index in [1.165, 1.54) is 16.8 Å². The summed E-state index contributed by atoms with van der Waals surface area (Å²) in [6.45, 7) is 0.588. The van der Waals surface area contributed by atoms with E-state index < -0.39 is 10.0 Å². The first-order chi connectivity index (χ1) is 9.07. The molecule has 0 bridgehead atoms. The predicted molar refractivity (Wildman–Crippen MR) is 66.3 cm³/mol. The zero-order valence-electron chi connectivity index (χ0n) is 9.94. The zero-order chi connectivity index (χ0) is 13.5. The summed E-state index contributed by atoms with van der Waals surface area (Å²) in [7, 11) is -3.56. The molecule has 0 saturated carbocycles. The van der Waals surface area contributed by atoms with Gasteiger partial charge in [0.2, 0.25) is 5.95 Å². The lowest BCUT2D eigenvalue weighted by molar-refractivity contribution is 0.383. The second-order valence-corrected chi connectivity index (χ2v) is 6.11. The number of nitrogens with two attached hydrogens (primary N) is 1. The summed E-state index contributed by atoms with van der Waals surface area (Å²) in [6.07, 6.45) is 4.85. The van der Waals surface area contributed by atoms with Gasteiger partial charge in [-0.05, 0) is 12.0 Å². The van der Waals surface area contributed by atoms with Crippen molar-refractivity contribution in [3.8, 4) is 0 Å². The molecular weight excluding hydrogens is 268 g/mol. The maximum Gasteiger partial charge on any atom is 0.260 e. The molecule has 8 nitrogen and oxygen atoms in total. The Hall–Kier alpha value is -2.00. The number of H-pyrrole nitrogens is 1. The fourth-order valence-electron chi connectivity index (χ4n) is 2.02. The maximum atomic E-state index is 12.3. The van der Waals surface area contributed by atoms with Crippen molar-refractivity contribution < 1.29 is 8.42 Å². The summed E-state index contributed by atoms with van der Waals surface area (Å²) in [5.41, 5.74) is 7.11. The lowest BCUT2D eigenvalue weighted by Crippen LogP contribution is -2.36. The van der Waals surface area contributed by atoms with Gasteiger partial charge >= 0.3 is 0 Å². The van der Waals surface area contributed by atoms with Crippen molar-refractivity contribution in [3.63, 3.8) is 0 Å². The third-order valence-electron chi connectivity index (χ3n) is 3.02. The molecule has 0 aromatic carbocycles. The summed E-state index contributed by atoms with van der Waals surface area (Å²) in [4.78, 5) is 14.4. The molecule has 2 aromatic heterocycles. The molecule has 0 amide bonds. The normalized spacial score (nSPS) is 16.2. The summed E-state index contributed by atoms with van der Waals surface area (Å²) < 4.78 is 26.0. The Kier molecular flexibility index (Phi) is 2.72. The number of anilines is 1. The predicted octanol–water partition coefficient (Wildman–Crippen LogP) is -0.471. The third kappa shape index (κ3) is 2.06. The van der Waals surface area contributed by atoms with Gasteiger partial charge in [-0.3, -0.25) is 0 Å². The molecule has 3 heterocycles. The smallest absolute Gasteiger partial charge is 0.260 e. The van der Waals surface area contributed by atoms with Gasteiger partial charge in [-0.15, -0.1) is 0 Å². The fraction of sp³-hybridized carbons (Fsp3) is 0.300. The quantitative estimate of drug-likeness (QED) is 0.767. The SMILES string of the molecule is Nc1ncc2c(n1)CN(S(=O)(=O)c1cnc[nH]1)CC2. The number of rotatable bonds is 2. The van der Waals surface area contributed by atoms with E-state index in [2.05, 4.69) is 19.9 Å². The molecule has 19 heavy (non-hydrogen) atoms. The number of fused-ring (bicyclic) bond motifs is 1. The van der Waals surface area contributed by atoms with Gasteiger partial charge in [-0.2, -0.15) is 4.31 Å². The Balaban J connectivity index is 1.94. The number of nitrogen functional groups attached to an aromatic ring is 1. The third-order valence-corrected chi connectivity index (χ3v) is 4.79. The van der Waals surface area contributed by atoms with Crippen LogP contribution in [0.5, 0.6) is 0 Å². The first-order valence-electron chi connectivity index (χ1n) is 5.66. The second-order valence-electron chi connectivity index (χ2n) is 4.20. The van der Waals surface area contributed by atoms with Crippen molar-refractivity contribution in [2.45, 2.75) is 18.0 Å². The molecule has 3 rings (SSSR count). The average Bonchev–Trinajstić information content (AvgIpc) is 2.92. The number of nitrogens with zero attached hydrogens (tertiary/aromatic N) is 4. The maximum absolute atomic E-state index is 12.3. The lowest BCUT2D eigenvalue weighted by Gasteiger charge is -2.26. The molecule has 9 heteroatoms. The van der Waals surface area contributed by atoms with Crippen LogP contribution in [0.3, 0.4) is 0 Å². The number of aromatic amines is 1. The van der Waals surface area contributed by atoms with E-state index in [9.17, 15) is 8.42 Å². The van der Waals surface area contributed by atoms with E-state index in [-0.39, 0.29) is 17.5 Å². The van der Waals surface area contributed by atoms with Gasteiger partial charge in [0.25, 0.3) is 10.0 Å². The van der Waals surface area contributed by atoms with Crippen LogP contribution in [-0.2, 0) is 23.0 Å². The molecule has 0 spiro atoms. The van der Waals surface area contributed by atoms with Gasteiger partial charge in [-0.25, -0.2) is 23.4 Å². The highest BCUT2D eigenvalue weighted by atomic mass is 32.2. The van der Waals surface area contributed by atoms with Crippen molar-refractivity contribution in [2.24, 2.45) is 0 Å². The van der Waals surface area contributed by atoms with Gasteiger partial charge in [0, 0.05) is 12.7 Å². The Morgan fingerprint density at radius 3 is 2.95 bits per heavy atom. The number of sulfonamides is 1. The molecule has 0 saturated heterocycles. The zero-order valence-corrected chi connectivity index (χ0v) is 10.8. The number of aromatic nitrogens is 4. The highest BCUT2D eigenvalue weighted by Gasteiger charge is 2.30. The molecular formula is C10H12N6O2S. The van der Waals surface area contributed by atoms with Crippen molar-refractivity contribution >= 4 is 16.0 Å². The monoisotopic (exact) mass is 280 g/mol. The molecule has 3 N–H and O–H groups in total.